The predicted octanol–water partition coefficient (Wildman–Crippen LogP) is 8.68. The number of nitrogens with zero attached hydrogens (tertiary/aromatic N) is 1. The second-order valence-electron chi connectivity index (χ2n) is 11.5. The summed E-state index contributed by atoms with van der Waals surface area (Å²) in [6, 6.07) is 19.6. The van der Waals surface area contributed by atoms with Gasteiger partial charge in [-0.2, -0.15) is 0 Å². The average molecular weight is 562 g/mol. The first kappa shape index (κ1) is 29.4. The Morgan fingerprint density at radius 3 is 2.64 bits per heavy atom. The number of nitrogens with two attached hydrogens (primary N) is 1. The molecule has 4 aromatic rings. The SMILES string of the molecule is CCOc1ccc2[nH]cc(CCCCCC3=CCCC(CCCc4ccc5ccc(C)cc5c4)=CC(C(N)=O)=N3)c2c1. The number of hydrogen-bond donors (Lipinski definition) is 2. The molecule has 3 N–H and O–H groups in total. The largest absolute Gasteiger partial charge is 0.494 e. The number of carbonyl (C=O) groups excluding carboxylic acids is 1. The minimum absolute atomic E-state index is 0.390. The van der Waals surface area contributed by atoms with Gasteiger partial charge in [0.05, 0.1) is 6.61 Å². The van der Waals surface area contributed by atoms with Gasteiger partial charge in [0.25, 0.3) is 5.91 Å². The molecule has 5 rings (SSSR count). The fourth-order valence-corrected chi connectivity index (χ4v) is 5.91. The molecule has 1 amide bonds. The molecule has 0 fully saturated rings. The van der Waals surface area contributed by atoms with Gasteiger partial charge >= 0.3 is 0 Å². The maximum Gasteiger partial charge on any atom is 0.267 e. The molecule has 0 saturated carbocycles. The first-order chi connectivity index (χ1) is 20.5. The average Bonchev–Trinajstić information content (AvgIpc) is 3.36. The van der Waals surface area contributed by atoms with Crippen molar-refractivity contribution in [3.05, 3.63) is 101 Å². The zero-order valence-corrected chi connectivity index (χ0v) is 25.0. The molecule has 1 aliphatic heterocycles. The summed E-state index contributed by atoms with van der Waals surface area (Å²) < 4.78 is 5.68. The smallest absolute Gasteiger partial charge is 0.267 e. The summed E-state index contributed by atoms with van der Waals surface area (Å²) in [5.41, 5.74) is 13.5. The summed E-state index contributed by atoms with van der Waals surface area (Å²) in [4.78, 5) is 20.3. The van der Waals surface area contributed by atoms with E-state index in [4.69, 9.17) is 15.5 Å². The van der Waals surface area contributed by atoms with Gasteiger partial charge in [0.1, 0.15) is 11.5 Å². The molecule has 42 heavy (non-hydrogen) atoms. The highest BCUT2D eigenvalue weighted by atomic mass is 16.5. The molecule has 2 heterocycles. The molecule has 0 aliphatic carbocycles. The van der Waals surface area contributed by atoms with E-state index in [-0.39, 0.29) is 0 Å². The Morgan fingerprint density at radius 2 is 1.79 bits per heavy atom. The summed E-state index contributed by atoms with van der Waals surface area (Å²) in [5, 5.41) is 3.82. The zero-order chi connectivity index (χ0) is 29.3. The molecule has 5 heteroatoms. The van der Waals surface area contributed by atoms with Gasteiger partial charge in [0.15, 0.2) is 0 Å². The van der Waals surface area contributed by atoms with E-state index in [2.05, 4.69) is 72.7 Å². The second kappa shape index (κ2) is 14.2. The van der Waals surface area contributed by atoms with E-state index < -0.39 is 5.91 Å². The van der Waals surface area contributed by atoms with E-state index in [0.717, 1.165) is 81.2 Å². The first-order valence-electron chi connectivity index (χ1n) is 15.5. The lowest BCUT2D eigenvalue weighted by atomic mass is 9.96. The monoisotopic (exact) mass is 561 g/mol. The maximum absolute atomic E-state index is 12.2. The molecule has 0 spiro atoms. The highest BCUT2D eigenvalue weighted by Crippen LogP contribution is 2.26. The highest BCUT2D eigenvalue weighted by molar-refractivity contribution is 6.43. The molecule has 218 valence electrons. The minimum atomic E-state index is -0.448. The third-order valence-electron chi connectivity index (χ3n) is 8.16. The number of aromatic nitrogens is 1. The Kier molecular flexibility index (Phi) is 9.91. The third kappa shape index (κ3) is 7.79. The Balaban J connectivity index is 1.11. The molecule has 1 aromatic heterocycles. The number of primary amides is 1. The van der Waals surface area contributed by atoms with Gasteiger partial charge in [0, 0.05) is 22.8 Å². The zero-order valence-electron chi connectivity index (χ0n) is 25.0. The number of unbranched alkanes of at least 4 members (excludes halogenated alkanes) is 2. The van der Waals surface area contributed by atoms with Crippen molar-refractivity contribution in [3.8, 4) is 5.75 Å². The van der Waals surface area contributed by atoms with E-state index in [9.17, 15) is 4.79 Å². The number of H-pyrrole nitrogens is 1. The fourth-order valence-electron chi connectivity index (χ4n) is 5.91. The topological polar surface area (TPSA) is 80.5 Å². The van der Waals surface area contributed by atoms with Crippen molar-refractivity contribution in [2.75, 3.05) is 6.61 Å². The standard InChI is InChI=1S/C37H43N3O2/c1-3-42-33-19-20-35-34(24-33)30(25-39-35)12-5-4-6-13-32-14-8-11-27(23-36(40-32)37(38)41)9-7-10-28-16-18-29-17-15-26(2)21-31(29)22-28/h14-25,39H,3-13H2,1-2H3,(H2,38,41). The number of fused-ring (bicyclic) bond motifs is 2. The number of aromatic amines is 1. The number of benzene rings is 3. The van der Waals surface area contributed by atoms with Gasteiger partial charge in [0.2, 0.25) is 0 Å². The molecule has 1 aliphatic rings. The van der Waals surface area contributed by atoms with Gasteiger partial charge < -0.3 is 15.5 Å². The van der Waals surface area contributed by atoms with Crippen molar-refractivity contribution in [3.63, 3.8) is 0 Å². The molecule has 3 aromatic carbocycles. The lowest BCUT2D eigenvalue weighted by Crippen LogP contribution is -2.22. The molecular formula is C37H43N3O2. The molecule has 0 unspecified atom stereocenters. The van der Waals surface area contributed by atoms with E-state index in [1.165, 1.54) is 38.4 Å². The van der Waals surface area contributed by atoms with Crippen LogP contribution in [0.4, 0.5) is 0 Å². The molecular weight excluding hydrogens is 518 g/mol. The number of ether oxygens (including phenoxy) is 1. The molecule has 0 radical (unpaired) electrons. The van der Waals surface area contributed by atoms with Crippen molar-refractivity contribution >= 4 is 33.3 Å². The lowest BCUT2D eigenvalue weighted by Gasteiger charge is -2.12. The highest BCUT2D eigenvalue weighted by Gasteiger charge is 2.12. The van der Waals surface area contributed by atoms with Crippen molar-refractivity contribution in [1.29, 1.82) is 0 Å². The van der Waals surface area contributed by atoms with Crippen molar-refractivity contribution in [1.82, 2.24) is 4.98 Å². The number of aryl methyl sites for hydroxylation is 3. The molecule has 0 saturated heterocycles. The fraction of sp³-hybridized carbons (Fsp3) is 0.351. The number of rotatable bonds is 13. The number of amides is 1. The van der Waals surface area contributed by atoms with Crippen LogP contribution >= 0.6 is 0 Å². The van der Waals surface area contributed by atoms with Crippen LogP contribution in [0, 0.1) is 6.92 Å². The van der Waals surface area contributed by atoms with E-state index in [0.29, 0.717) is 12.3 Å². The number of allylic oxidation sites excluding steroid dienone is 3. The lowest BCUT2D eigenvalue weighted by molar-refractivity contribution is -0.111. The van der Waals surface area contributed by atoms with Crippen LogP contribution in [-0.4, -0.2) is 23.2 Å². The van der Waals surface area contributed by atoms with Gasteiger partial charge in [-0.05, 0) is 118 Å². The summed E-state index contributed by atoms with van der Waals surface area (Å²) in [5.74, 6) is 0.471. The summed E-state index contributed by atoms with van der Waals surface area (Å²) in [6.07, 6.45) is 16.3. The number of carbonyl (C=O) groups is 1. The van der Waals surface area contributed by atoms with Gasteiger partial charge in [-0.15, -0.1) is 0 Å². The van der Waals surface area contributed by atoms with Gasteiger partial charge in [-0.1, -0.05) is 60.0 Å². The number of aliphatic imine (C=N–C) groups is 1. The summed E-state index contributed by atoms with van der Waals surface area (Å²) in [6.45, 7) is 4.81. The van der Waals surface area contributed by atoms with Crippen LogP contribution in [0.5, 0.6) is 5.75 Å². The summed E-state index contributed by atoms with van der Waals surface area (Å²) in [7, 11) is 0. The van der Waals surface area contributed by atoms with Gasteiger partial charge in [-0.25, -0.2) is 4.99 Å². The number of hydrogen-bond acceptors (Lipinski definition) is 3. The number of nitrogens with one attached hydrogen (secondary N) is 1. The Morgan fingerprint density at radius 1 is 0.929 bits per heavy atom. The Hall–Kier alpha value is -4.12. The Bertz CT molecular complexity index is 1640. The quantitative estimate of drug-likeness (QED) is 0.160. The van der Waals surface area contributed by atoms with Crippen LogP contribution in [0.25, 0.3) is 21.7 Å². The van der Waals surface area contributed by atoms with Crippen LogP contribution in [0.1, 0.15) is 75.0 Å². The molecule has 0 bridgehead atoms. The predicted molar refractivity (Wildman–Crippen MR) is 175 cm³/mol. The van der Waals surface area contributed by atoms with E-state index in [1.807, 2.05) is 19.1 Å². The Labute approximate surface area is 249 Å². The van der Waals surface area contributed by atoms with Crippen LogP contribution < -0.4 is 10.5 Å². The normalized spacial score (nSPS) is 13.8. The van der Waals surface area contributed by atoms with Gasteiger partial charge in [-0.3, -0.25) is 4.79 Å². The van der Waals surface area contributed by atoms with Crippen molar-refractivity contribution in [2.45, 2.75) is 78.1 Å². The maximum atomic E-state index is 12.2. The van der Waals surface area contributed by atoms with E-state index >= 15 is 0 Å². The molecule has 5 nitrogen and oxygen atoms in total. The second-order valence-corrected chi connectivity index (χ2v) is 11.5. The van der Waals surface area contributed by atoms with Crippen LogP contribution in [-0.2, 0) is 17.6 Å². The minimum Gasteiger partial charge on any atom is -0.494 e. The van der Waals surface area contributed by atoms with E-state index in [1.54, 1.807) is 0 Å². The van der Waals surface area contributed by atoms with Crippen molar-refractivity contribution in [2.24, 2.45) is 10.7 Å². The molecule has 0 atom stereocenters. The first-order valence-corrected chi connectivity index (χ1v) is 15.5. The summed E-state index contributed by atoms with van der Waals surface area (Å²) >= 11 is 0. The van der Waals surface area contributed by atoms with Crippen LogP contribution in [0.15, 0.2) is 89.2 Å². The van der Waals surface area contributed by atoms with Crippen LogP contribution in [0.2, 0.25) is 0 Å². The third-order valence-corrected chi connectivity index (χ3v) is 8.16. The van der Waals surface area contributed by atoms with Crippen LogP contribution in [0.3, 0.4) is 0 Å². The van der Waals surface area contributed by atoms with Crippen molar-refractivity contribution < 1.29 is 9.53 Å².